The van der Waals surface area contributed by atoms with Crippen molar-refractivity contribution in [2.24, 2.45) is 0 Å². The third-order valence-corrected chi connectivity index (χ3v) is 4.86. The van der Waals surface area contributed by atoms with Crippen LogP contribution >= 0.6 is 0 Å². The van der Waals surface area contributed by atoms with Gasteiger partial charge in [0.05, 0.1) is 6.61 Å². The van der Waals surface area contributed by atoms with Crippen molar-refractivity contribution in [2.45, 2.75) is 109 Å². The molecule has 140 valence electrons. The molecule has 0 heterocycles. The van der Waals surface area contributed by atoms with E-state index in [0.717, 1.165) is 38.5 Å². The minimum atomic E-state index is -0.709. The monoisotopic (exact) mass is 339 g/mol. The maximum atomic E-state index is 11.8. The standard InChI is InChI=1S/C20H37NO3/c1-2-3-4-5-6-7-8-11-14-17-24-20(23)19(22)21-18-15-12-9-10-13-16-18/h18H,2-17H2,1H3,(H,21,22). The van der Waals surface area contributed by atoms with Crippen LogP contribution in [0.3, 0.4) is 0 Å². The molecule has 0 aromatic heterocycles. The fourth-order valence-electron chi connectivity index (χ4n) is 3.31. The van der Waals surface area contributed by atoms with Crippen LogP contribution in [-0.4, -0.2) is 24.5 Å². The van der Waals surface area contributed by atoms with Gasteiger partial charge < -0.3 is 10.1 Å². The van der Waals surface area contributed by atoms with Crippen LogP contribution in [0.25, 0.3) is 0 Å². The first-order chi connectivity index (χ1) is 11.7. The highest BCUT2D eigenvalue weighted by atomic mass is 16.5. The third kappa shape index (κ3) is 10.7. The van der Waals surface area contributed by atoms with Gasteiger partial charge in [0.2, 0.25) is 0 Å². The second-order valence-electron chi connectivity index (χ2n) is 7.13. The van der Waals surface area contributed by atoms with Crippen molar-refractivity contribution in [1.29, 1.82) is 0 Å². The van der Waals surface area contributed by atoms with E-state index in [4.69, 9.17) is 4.74 Å². The number of esters is 1. The molecule has 0 aromatic carbocycles. The average molecular weight is 340 g/mol. The normalized spacial score (nSPS) is 15.7. The van der Waals surface area contributed by atoms with Crippen molar-refractivity contribution in [3.63, 3.8) is 0 Å². The number of hydrogen-bond acceptors (Lipinski definition) is 3. The first-order valence-electron chi connectivity index (χ1n) is 10.2. The second kappa shape index (κ2) is 14.3. The van der Waals surface area contributed by atoms with Crippen molar-refractivity contribution in [2.75, 3.05) is 6.61 Å². The second-order valence-corrected chi connectivity index (χ2v) is 7.13. The van der Waals surface area contributed by atoms with Gasteiger partial charge in [0.1, 0.15) is 0 Å². The predicted octanol–water partition coefficient (Wildman–Crippen LogP) is 4.90. The molecule has 1 fully saturated rings. The molecule has 1 saturated carbocycles. The first-order valence-corrected chi connectivity index (χ1v) is 10.2. The molecule has 1 N–H and O–H groups in total. The topological polar surface area (TPSA) is 55.4 Å². The van der Waals surface area contributed by atoms with E-state index in [1.807, 2.05) is 0 Å². The summed E-state index contributed by atoms with van der Waals surface area (Å²) in [5.74, 6) is -1.27. The van der Waals surface area contributed by atoms with Crippen LogP contribution in [0.1, 0.15) is 103 Å². The molecule has 0 spiro atoms. The van der Waals surface area contributed by atoms with Gasteiger partial charge in [-0.2, -0.15) is 0 Å². The smallest absolute Gasteiger partial charge is 0.396 e. The first kappa shape index (κ1) is 21.0. The highest BCUT2D eigenvalue weighted by molar-refractivity contribution is 6.32. The van der Waals surface area contributed by atoms with Gasteiger partial charge in [-0.15, -0.1) is 0 Å². The summed E-state index contributed by atoms with van der Waals surface area (Å²) >= 11 is 0. The van der Waals surface area contributed by atoms with Crippen molar-refractivity contribution in [1.82, 2.24) is 5.32 Å². The molecule has 1 rings (SSSR count). The van der Waals surface area contributed by atoms with Gasteiger partial charge in [0.25, 0.3) is 0 Å². The molecule has 1 aliphatic rings. The highest BCUT2D eigenvalue weighted by Crippen LogP contribution is 2.17. The average Bonchev–Trinajstić information content (AvgIpc) is 2.85. The van der Waals surface area contributed by atoms with Gasteiger partial charge in [-0.25, -0.2) is 4.79 Å². The quantitative estimate of drug-likeness (QED) is 0.252. The van der Waals surface area contributed by atoms with Crippen LogP contribution in [0.5, 0.6) is 0 Å². The molecule has 0 unspecified atom stereocenters. The Bertz CT molecular complexity index is 336. The van der Waals surface area contributed by atoms with Gasteiger partial charge in [-0.05, 0) is 19.3 Å². The zero-order valence-corrected chi connectivity index (χ0v) is 15.6. The summed E-state index contributed by atoms with van der Waals surface area (Å²) in [6.45, 7) is 2.60. The summed E-state index contributed by atoms with van der Waals surface area (Å²) in [6.07, 6.45) is 17.7. The molecule has 0 aromatic rings. The van der Waals surface area contributed by atoms with E-state index < -0.39 is 11.9 Å². The Hall–Kier alpha value is -1.06. The lowest BCUT2D eigenvalue weighted by atomic mass is 10.1. The Morgan fingerprint density at radius 3 is 1.96 bits per heavy atom. The Kier molecular flexibility index (Phi) is 12.5. The van der Waals surface area contributed by atoms with Crippen LogP contribution in [0.4, 0.5) is 0 Å². The molecule has 1 aliphatic carbocycles. The summed E-state index contributed by atoms with van der Waals surface area (Å²) < 4.78 is 5.09. The maximum Gasteiger partial charge on any atom is 0.396 e. The number of hydrogen-bond donors (Lipinski definition) is 1. The lowest BCUT2D eigenvalue weighted by molar-refractivity contribution is -0.155. The van der Waals surface area contributed by atoms with Crippen LogP contribution in [0, 0.1) is 0 Å². The van der Waals surface area contributed by atoms with Crippen LogP contribution in [0.15, 0.2) is 0 Å². The zero-order chi connectivity index (χ0) is 17.5. The van der Waals surface area contributed by atoms with E-state index in [2.05, 4.69) is 12.2 Å². The van der Waals surface area contributed by atoms with E-state index in [1.165, 1.54) is 57.8 Å². The number of amides is 1. The largest absolute Gasteiger partial charge is 0.459 e. The number of carbonyl (C=O) groups is 2. The van der Waals surface area contributed by atoms with Gasteiger partial charge in [-0.3, -0.25) is 4.79 Å². The summed E-state index contributed by atoms with van der Waals surface area (Å²) in [5, 5.41) is 2.83. The molecule has 0 saturated heterocycles. The summed E-state index contributed by atoms with van der Waals surface area (Å²) in [6, 6.07) is 0.153. The molecule has 4 heteroatoms. The van der Waals surface area contributed by atoms with Crippen molar-refractivity contribution < 1.29 is 14.3 Å². The number of ether oxygens (including phenoxy) is 1. The number of nitrogens with one attached hydrogen (secondary N) is 1. The Balaban J connectivity index is 1.96. The summed E-state index contributed by atoms with van der Waals surface area (Å²) in [5.41, 5.74) is 0. The van der Waals surface area contributed by atoms with E-state index in [-0.39, 0.29) is 6.04 Å². The Labute approximate surface area is 148 Å². The van der Waals surface area contributed by atoms with Crippen LogP contribution < -0.4 is 5.32 Å². The van der Waals surface area contributed by atoms with Gasteiger partial charge in [0, 0.05) is 6.04 Å². The molecule has 1 amide bonds. The lowest BCUT2D eigenvalue weighted by Crippen LogP contribution is -2.40. The number of unbranched alkanes of at least 4 members (excludes halogenated alkanes) is 8. The fraction of sp³-hybridized carbons (Fsp3) is 0.900. The fourth-order valence-corrected chi connectivity index (χ4v) is 3.31. The molecular formula is C20H37NO3. The van der Waals surface area contributed by atoms with Crippen LogP contribution in [-0.2, 0) is 14.3 Å². The minimum Gasteiger partial charge on any atom is -0.459 e. The molecule has 0 radical (unpaired) electrons. The van der Waals surface area contributed by atoms with Crippen LogP contribution in [0.2, 0.25) is 0 Å². The van der Waals surface area contributed by atoms with Crippen molar-refractivity contribution in [3.05, 3.63) is 0 Å². The minimum absolute atomic E-state index is 0.153. The lowest BCUT2D eigenvalue weighted by Gasteiger charge is -2.15. The van der Waals surface area contributed by atoms with E-state index in [0.29, 0.717) is 6.61 Å². The number of carbonyl (C=O) groups excluding carboxylic acids is 2. The summed E-state index contributed by atoms with van der Waals surface area (Å²) in [7, 11) is 0. The van der Waals surface area contributed by atoms with E-state index in [9.17, 15) is 9.59 Å². The van der Waals surface area contributed by atoms with Crippen molar-refractivity contribution >= 4 is 11.9 Å². The van der Waals surface area contributed by atoms with Crippen molar-refractivity contribution in [3.8, 4) is 0 Å². The Morgan fingerprint density at radius 2 is 1.38 bits per heavy atom. The molecule has 0 atom stereocenters. The van der Waals surface area contributed by atoms with Gasteiger partial charge >= 0.3 is 11.9 Å². The molecule has 0 aliphatic heterocycles. The highest BCUT2D eigenvalue weighted by Gasteiger charge is 2.20. The summed E-state index contributed by atoms with van der Waals surface area (Å²) in [4.78, 5) is 23.5. The number of rotatable bonds is 11. The van der Waals surface area contributed by atoms with E-state index in [1.54, 1.807) is 0 Å². The van der Waals surface area contributed by atoms with Gasteiger partial charge in [0.15, 0.2) is 0 Å². The molecule has 24 heavy (non-hydrogen) atoms. The maximum absolute atomic E-state index is 11.8. The van der Waals surface area contributed by atoms with Gasteiger partial charge in [-0.1, -0.05) is 84.0 Å². The Morgan fingerprint density at radius 1 is 0.833 bits per heavy atom. The predicted molar refractivity (Wildman–Crippen MR) is 97.8 cm³/mol. The SMILES string of the molecule is CCCCCCCCCCCOC(=O)C(=O)NC1CCCCCC1. The third-order valence-electron chi connectivity index (χ3n) is 4.86. The molecule has 0 bridgehead atoms. The molecular weight excluding hydrogens is 302 g/mol. The van der Waals surface area contributed by atoms with E-state index >= 15 is 0 Å². The molecule has 4 nitrogen and oxygen atoms in total. The zero-order valence-electron chi connectivity index (χ0n) is 15.6.